The van der Waals surface area contributed by atoms with Crippen LogP contribution < -0.4 is 0 Å². The lowest BCUT2D eigenvalue weighted by molar-refractivity contribution is -0.216. The Morgan fingerprint density at radius 1 is 1.31 bits per heavy atom. The zero-order chi connectivity index (χ0) is 25.9. The molecule has 3 aliphatic rings. The van der Waals surface area contributed by atoms with Crippen molar-refractivity contribution in [3.8, 4) is 0 Å². The first-order chi connectivity index (χ1) is 17.1. The third kappa shape index (κ3) is 6.12. The zero-order valence-corrected chi connectivity index (χ0v) is 22.8. The van der Waals surface area contributed by atoms with E-state index in [4.69, 9.17) is 4.74 Å². The van der Waals surface area contributed by atoms with Crippen LogP contribution in [0, 0.1) is 23.2 Å². The zero-order valence-electron chi connectivity index (χ0n) is 22.0. The van der Waals surface area contributed by atoms with E-state index in [2.05, 4.69) is 31.0 Å². The van der Waals surface area contributed by atoms with Gasteiger partial charge in [0, 0.05) is 24.9 Å². The molecule has 7 heteroatoms. The molecule has 1 aromatic rings. The Bertz CT molecular complexity index is 947. The van der Waals surface area contributed by atoms with Crippen molar-refractivity contribution in [2.24, 2.45) is 23.2 Å². The fourth-order valence-corrected chi connectivity index (χ4v) is 8.17. The van der Waals surface area contributed by atoms with Crippen molar-refractivity contribution in [2.75, 3.05) is 0 Å². The number of hydrogen-bond donors (Lipinski definition) is 3. The average Bonchev–Trinajstić information content (AvgIpc) is 3.45. The van der Waals surface area contributed by atoms with Gasteiger partial charge in [-0.25, -0.2) is 4.98 Å². The van der Waals surface area contributed by atoms with E-state index in [0.717, 1.165) is 24.8 Å². The maximum absolute atomic E-state index is 11.6. The number of carbonyl (C=O) groups excluding carboxylic acids is 1. The normalized spacial score (nSPS) is 34.2. The number of aliphatic hydroxyl groups is 3. The Morgan fingerprint density at radius 3 is 2.72 bits per heavy atom. The van der Waals surface area contributed by atoms with Crippen LogP contribution >= 0.6 is 11.3 Å². The maximum atomic E-state index is 11.6. The molecule has 1 aromatic heterocycles. The highest BCUT2D eigenvalue weighted by Gasteiger charge is 2.50. The second kappa shape index (κ2) is 11.5. The van der Waals surface area contributed by atoms with Crippen molar-refractivity contribution in [2.45, 2.75) is 109 Å². The van der Waals surface area contributed by atoms with Crippen molar-refractivity contribution < 1.29 is 24.9 Å². The number of fused-ring (bicyclic) bond motifs is 1. The molecule has 7 atom stereocenters. The average molecular weight is 518 g/mol. The molecule has 3 aliphatic carbocycles. The van der Waals surface area contributed by atoms with Crippen LogP contribution in [0.5, 0.6) is 0 Å². The lowest BCUT2D eigenvalue weighted by Gasteiger charge is -2.44. The number of allylic oxidation sites excluding steroid dienone is 3. The SMILES string of the molecule is CC(=O)O[C@](O)(CCC[C@@H](C)[C@H]1CC[C@H]2/C(=C/C=C3C[C@@H](O)C[C@H](O)C3)CCC[C@]12C)c1nccs1. The minimum absolute atomic E-state index is 0.273. The molecule has 0 aliphatic heterocycles. The Balaban J connectivity index is 1.39. The highest BCUT2D eigenvalue weighted by Crippen LogP contribution is 2.60. The summed E-state index contributed by atoms with van der Waals surface area (Å²) in [4.78, 5) is 15.8. The first-order valence-corrected chi connectivity index (χ1v) is 14.5. The molecular weight excluding hydrogens is 474 g/mol. The van der Waals surface area contributed by atoms with Gasteiger partial charge >= 0.3 is 5.97 Å². The highest BCUT2D eigenvalue weighted by atomic mass is 32.1. The summed E-state index contributed by atoms with van der Waals surface area (Å²) in [5.74, 6) is -0.419. The van der Waals surface area contributed by atoms with E-state index in [9.17, 15) is 20.1 Å². The smallest absolute Gasteiger partial charge is 0.305 e. The molecule has 36 heavy (non-hydrogen) atoms. The first-order valence-electron chi connectivity index (χ1n) is 13.7. The van der Waals surface area contributed by atoms with Gasteiger partial charge in [0.1, 0.15) is 0 Å². The van der Waals surface area contributed by atoms with Crippen LogP contribution in [0.25, 0.3) is 0 Å². The molecular formula is C29H43NO5S. The van der Waals surface area contributed by atoms with Gasteiger partial charge in [-0.3, -0.25) is 4.79 Å². The predicted octanol–water partition coefficient (Wildman–Crippen LogP) is 5.63. The van der Waals surface area contributed by atoms with E-state index in [1.165, 1.54) is 49.5 Å². The third-order valence-corrected chi connectivity index (χ3v) is 9.96. The highest BCUT2D eigenvalue weighted by molar-refractivity contribution is 7.09. The van der Waals surface area contributed by atoms with Crippen LogP contribution in [-0.4, -0.2) is 38.5 Å². The van der Waals surface area contributed by atoms with E-state index in [1.807, 2.05) is 0 Å². The van der Waals surface area contributed by atoms with E-state index >= 15 is 0 Å². The van der Waals surface area contributed by atoms with Crippen LogP contribution in [0.3, 0.4) is 0 Å². The van der Waals surface area contributed by atoms with E-state index < -0.39 is 24.0 Å². The Hall–Kier alpha value is -1.54. The summed E-state index contributed by atoms with van der Waals surface area (Å²) in [6, 6.07) is 0. The molecule has 0 saturated heterocycles. The Kier molecular flexibility index (Phi) is 8.75. The molecule has 6 nitrogen and oxygen atoms in total. The first kappa shape index (κ1) is 27.5. The molecule has 0 bridgehead atoms. The Labute approximate surface area is 219 Å². The molecule has 200 valence electrons. The van der Waals surface area contributed by atoms with Crippen molar-refractivity contribution in [3.05, 3.63) is 39.9 Å². The molecule has 0 spiro atoms. The van der Waals surface area contributed by atoms with Gasteiger partial charge in [0.15, 0.2) is 5.01 Å². The lowest BCUT2D eigenvalue weighted by Crippen LogP contribution is -2.36. The number of esters is 1. The molecule has 0 unspecified atom stereocenters. The lowest BCUT2D eigenvalue weighted by atomic mass is 9.60. The summed E-state index contributed by atoms with van der Waals surface area (Å²) in [5, 5.41) is 33.3. The van der Waals surface area contributed by atoms with Crippen LogP contribution in [0.4, 0.5) is 0 Å². The number of aliphatic hydroxyl groups excluding tert-OH is 2. The van der Waals surface area contributed by atoms with Gasteiger partial charge in [-0.15, -0.1) is 11.3 Å². The number of ether oxygens (including phenoxy) is 1. The molecule has 1 heterocycles. The molecule has 3 saturated carbocycles. The van der Waals surface area contributed by atoms with Crippen molar-refractivity contribution in [1.29, 1.82) is 0 Å². The van der Waals surface area contributed by atoms with Gasteiger partial charge in [-0.2, -0.15) is 0 Å². The standard InChI is InChI=1S/C29H43NO5S/c1-19(6-4-13-29(34,35-20(2)31)27-30-14-15-36-27)25-10-11-26-22(7-5-12-28(25,26)3)9-8-21-16-23(32)18-24(33)17-21/h8-9,14-15,19,23-26,32-34H,4-7,10-13,16-18H2,1-3H3/b22-9+/t19-,23-,24-,25-,26+,28-,29-/m1/s1. The molecule has 0 radical (unpaired) electrons. The summed E-state index contributed by atoms with van der Waals surface area (Å²) < 4.78 is 5.32. The topological polar surface area (TPSA) is 99.9 Å². The third-order valence-electron chi connectivity index (χ3n) is 9.05. The fourth-order valence-electron chi connectivity index (χ4n) is 7.47. The number of carbonyl (C=O) groups is 1. The number of nitrogens with zero attached hydrogens (tertiary/aromatic N) is 1. The number of aromatic nitrogens is 1. The molecule has 3 N–H and O–H groups in total. The van der Waals surface area contributed by atoms with Gasteiger partial charge in [-0.1, -0.05) is 43.6 Å². The number of hydrogen-bond acceptors (Lipinski definition) is 7. The van der Waals surface area contributed by atoms with Gasteiger partial charge in [-0.05, 0) is 81.0 Å². The van der Waals surface area contributed by atoms with Crippen molar-refractivity contribution in [1.82, 2.24) is 4.98 Å². The summed E-state index contributed by atoms with van der Waals surface area (Å²) in [5.41, 5.74) is 2.97. The molecule has 0 aromatic carbocycles. The van der Waals surface area contributed by atoms with Gasteiger partial charge < -0.3 is 20.1 Å². The fraction of sp³-hybridized carbons (Fsp3) is 0.724. The summed E-state index contributed by atoms with van der Waals surface area (Å²) in [7, 11) is 0. The molecule has 4 rings (SSSR count). The van der Waals surface area contributed by atoms with Crippen LogP contribution in [0.1, 0.15) is 96.4 Å². The van der Waals surface area contributed by atoms with E-state index in [1.54, 1.807) is 11.6 Å². The van der Waals surface area contributed by atoms with E-state index in [-0.39, 0.29) is 5.41 Å². The monoisotopic (exact) mass is 517 g/mol. The Morgan fingerprint density at radius 2 is 2.06 bits per heavy atom. The maximum Gasteiger partial charge on any atom is 0.305 e. The minimum Gasteiger partial charge on any atom is -0.426 e. The van der Waals surface area contributed by atoms with Crippen LogP contribution in [-0.2, 0) is 15.3 Å². The van der Waals surface area contributed by atoms with Crippen LogP contribution in [0.2, 0.25) is 0 Å². The minimum atomic E-state index is -1.64. The number of rotatable bonds is 8. The summed E-state index contributed by atoms with van der Waals surface area (Å²) >= 11 is 1.31. The summed E-state index contributed by atoms with van der Waals surface area (Å²) in [6.45, 7) is 6.14. The molecule has 3 fully saturated rings. The van der Waals surface area contributed by atoms with E-state index in [0.29, 0.717) is 48.4 Å². The second-order valence-electron chi connectivity index (χ2n) is 11.7. The van der Waals surface area contributed by atoms with Gasteiger partial charge in [0.05, 0.1) is 12.2 Å². The second-order valence-corrected chi connectivity index (χ2v) is 12.6. The van der Waals surface area contributed by atoms with Crippen LogP contribution in [0.15, 0.2) is 34.9 Å². The summed E-state index contributed by atoms with van der Waals surface area (Å²) in [6.07, 6.45) is 15.2. The number of thiazole rings is 1. The van der Waals surface area contributed by atoms with Crippen molar-refractivity contribution >= 4 is 17.3 Å². The predicted molar refractivity (Wildman–Crippen MR) is 141 cm³/mol. The largest absolute Gasteiger partial charge is 0.426 e. The van der Waals surface area contributed by atoms with Crippen molar-refractivity contribution in [3.63, 3.8) is 0 Å². The molecule has 0 amide bonds. The van der Waals surface area contributed by atoms with Gasteiger partial charge in [0.25, 0.3) is 5.79 Å². The van der Waals surface area contributed by atoms with Gasteiger partial charge in [0.2, 0.25) is 0 Å². The quantitative estimate of drug-likeness (QED) is 0.305.